The fourth-order valence-electron chi connectivity index (χ4n) is 1.64. The van der Waals surface area contributed by atoms with Gasteiger partial charge in [-0.1, -0.05) is 0 Å². The van der Waals surface area contributed by atoms with E-state index in [0.29, 0.717) is 6.61 Å². The third-order valence-corrected chi connectivity index (χ3v) is 2.27. The van der Waals surface area contributed by atoms with Gasteiger partial charge in [-0.3, -0.25) is 5.32 Å². The number of hydrogen-bond acceptors (Lipinski definition) is 4. The van der Waals surface area contributed by atoms with Crippen LogP contribution in [-0.2, 0) is 16.0 Å². The first-order chi connectivity index (χ1) is 6.83. The summed E-state index contributed by atoms with van der Waals surface area (Å²) in [6.45, 7) is 2.97. The number of carbonyl (C=O) groups is 1. The predicted octanol–water partition coefficient (Wildman–Crippen LogP) is 0.160. The lowest BCUT2D eigenvalue weighted by Crippen LogP contribution is -2.36. The van der Waals surface area contributed by atoms with Gasteiger partial charge in [0.2, 0.25) is 0 Å². The average Bonchev–Trinajstić information content (AvgIpc) is 2.65. The largest absolute Gasteiger partial charge is 0.465 e. The molecule has 0 radical (unpaired) electrons. The van der Waals surface area contributed by atoms with Crippen molar-refractivity contribution in [1.82, 2.24) is 15.3 Å². The Labute approximate surface area is 81.9 Å². The molecule has 76 valence electrons. The molecule has 1 unspecified atom stereocenters. The van der Waals surface area contributed by atoms with Crippen LogP contribution in [0, 0.1) is 0 Å². The molecule has 0 amide bonds. The van der Waals surface area contributed by atoms with Crippen molar-refractivity contribution in [3.63, 3.8) is 0 Å². The number of carbonyl (C=O) groups excluding carboxylic acids is 1. The van der Waals surface area contributed by atoms with Crippen molar-refractivity contribution in [2.75, 3.05) is 13.2 Å². The van der Waals surface area contributed by atoms with Crippen molar-refractivity contribution in [3.8, 4) is 0 Å². The molecule has 2 heterocycles. The number of aromatic amines is 1. The van der Waals surface area contributed by atoms with Crippen LogP contribution in [0.15, 0.2) is 6.33 Å². The zero-order chi connectivity index (χ0) is 9.97. The molecule has 1 aliphatic heterocycles. The Morgan fingerprint density at radius 1 is 1.79 bits per heavy atom. The van der Waals surface area contributed by atoms with Gasteiger partial charge in [0.25, 0.3) is 0 Å². The van der Waals surface area contributed by atoms with Crippen LogP contribution >= 0.6 is 0 Å². The summed E-state index contributed by atoms with van der Waals surface area (Å²) in [5, 5.41) is 3.09. The molecule has 0 spiro atoms. The van der Waals surface area contributed by atoms with E-state index in [1.807, 2.05) is 0 Å². The highest BCUT2D eigenvalue weighted by atomic mass is 16.5. The maximum absolute atomic E-state index is 11.5. The van der Waals surface area contributed by atoms with Gasteiger partial charge in [0.15, 0.2) is 6.04 Å². The van der Waals surface area contributed by atoms with Gasteiger partial charge in [-0.15, -0.1) is 0 Å². The number of aromatic nitrogens is 2. The number of H-pyrrole nitrogens is 1. The average molecular weight is 195 g/mol. The number of esters is 1. The fourth-order valence-corrected chi connectivity index (χ4v) is 1.64. The molecule has 0 aromatic carbocycles. The van der Waals surface area contributed by atoms with E-state index in [-0.39, 0.29) is 5.97 Å². The molecule has 14 heavy (non-hydrogen) atoms. The standard InChI is InChI=1S/C9H13N3O2/c1-2-14-9(13)8-7-6(3-4-10-8)11-5-12-7/h5,8,10H,2-4H2,1H3,(H,11,12). The summed E-state index contributed by atoms with van der Waals surface area (Å²) in [5.74, 6) is -0.249. The molecule has 2 rings (SSSR count). The first-order valence-electron chi connectivity index (χ1n) is 4.75. The summed E-state index contributed by atoms with van der Waals surface area (Å²) in [6, 6.07) is -0.398. The predicted molar refractivity (Wildman–Crippen MR) is 49.7 cm³/mol. The molecule has 1 aliphatic rings. The highest BCUT2D eigenvalue weighted by molar-refractivity contribution is 5.77. The van der Waals surface area contributed by atoms with E-state index >= 15 is 0 Å². The number of imidazole rings is 1. The lowest BCUT2D eigenvalue weighted by molar-refractivity contribution is -0.146. The third kappa shape index (κ3) is 1.50. The molecular weight excluding hydrogens is 182 g/mol. The van der Waals surface area contributed by atoms with Crippen LogP contribution < -0.4 is 5.32 Å². The smallest absolute Gasteiger partial charge is 0.329 e. The molecule has 5 nitrogen and oxygen atoms in total. The molecule has 0 saturated carbocycles. The Morgan fingerprint density at radius 3 is 3.43 bits per heavy atom. The van der Waals surface area contributed by atoms with Gasteiger partial charge in [-0.25, -0.2) is 9.78 Å². The quantitative estimate of drug-likeness (QED) is 0.660. The van der Waals surface area contributed by atoms with Gasteiger partial charge in [-0.05, 0) is 6.92 Å². The molecule has 5 heteroatoms. The Morgan fingerprint density at radius 2 is 2.64 bits per heavy atom. The summed E-state index contributed by atoms with van der Waals surface area (Å²) < 4.78 is 4.95. The Balaban J connectivity index is 2.19. The fraction of sp³-hybridized carbons (Fsp3) is 0.556. The molecule has 1 aromatic heterocycles. The Kier molecular flexibility index (Phi) is 2.49. The van der Waals surface area contributed by atoms with Gasteiger partial charge in [0, 0.05) is 18.7 Å². The summed E-state index contributed by atoms with van der Waals surface area (Å²) in [6.07, 6.45) is 2.50. The van der Waals surface area contributed by atoms with Crippen molar-refractivity contribution in [1.29, 1.82) is 0 Å². The van der Waals surface area contributed by atoms with Crippen LogP contribution in [0.5, 0.6) is 0 Å². The van der Waals surface area contributed by atoms with Crippen LogP contribution in [0.3, 0.4) is 0 Å². The molecule has 0 bridgehead atoms. The van der Waals surface area contributed by atoms with Crippen molar-refractivity contribution >= 4 is 5.97 Å². The van der Waals surface area contributed by atoms with Gasteiger partial charge in [-0.2, -0.15) is 0 Å². The molecule has 1 atom stereocenters. The number of nitrogens with one attached hydrogen (secondary N) is 2. The zero-order valence-corrected chi connectivity index (χ0v) is 8.04. The highest BCUT2D eigenvalue weighted by Gasteiger charge is 2.29. The SMILES string of the molecule is CCOC(=O)C1NCCc2[nH]cnc21. The maximum atomic E-state index is 11.5. The van der Waals surface area contributed by atoms with E-state index < -0.39 is 6.04 Å². The lowest BCUT2D eigenvalue weighted by Gasteiger charge is -2.20. The maximum Gasteiger partial charge on any atom is 0.329 e. The van der Waals surface area contributed by atoms with E-state index in [9.17, 15) is 4.79 Å². The number of nitrogens with zero attached hydrogens (tertiary/aromatic N) is 1. The van der Waals surface area contributed by atoms with E-state index in [1.54, 1.807) is 13.3 Å². The molecule has 0 saturated heterocycles. The number of ether oxygens (including phenoxy) is 1. The summed E-state index contributed by atoms with van der Waals surface area (Å²) in [5.41, 5.74) is 1.80. The van der Waals surface area contributed by atoms with E-state index in [1.165, 1.54) is 0 Å². The number of fused-ring (bicyclic) bond motifs is 1. The minimum atomic E-state index is -0.398. The van der Waals surface area contributed by atoms with Gasteiger partial charge in [0.1, 0.15) is 0 Å². The van der Waals surface area contributed by atoms with Crippen LogP contribution in [0.4, 0.5) is 0 Å². The second-order valence-electron chi connectivity index (χ2n) is 3.16. The second kappa shape index (κ2) is 3.79. The molecule has 0 fully saturated rings. The normalized spacial score (nSPS) is 20.2. The van der Waals surface area contributed by atoms with Gasteiger partial charge < -0.3 is 9.72 Å². The number of rotatable bonds is 2. The Hall–Kier alpha value is -1.36. The summed E-state index contributed by atoms with van der Waals surface area (Å²) >= 11 is 0. The lowest BCUT2D eigenvalue weighted by atomic mass is 10.1. The second-order valence-corrected chi connectivity index (χ2v) is 3.16. The van der Waals surface area contributed by atoms with Gasteiger partial charge >= 0.3 is 5.97 Å². The van der Waals surface area contributed by atoms with Crippen LogP contribution in [0.25, 0.3) is 0 Å². The molecule has 2 N–H and O–H groups in total. The zero-order valence-electron chi connectivity index (χ0n) is 8.04. The van der Waals surface area contributed by atoms with Crippen LogP contribution in [0.1, 0.15) is 24.4 Å². The summed E-state index contributed by atoms with van der Waals surface area (Å²) in [4.78, 5) is 18.7. The number of hydrogen-bond donors (Lipinski definition) is 2. The highest BCUT2D eigenvalue weighted by Crippen LogP contribution is 2.19. The third-order valence-electron chi connectivity index (χ3n) is 2.27. The molecule has 1 aromatic rings. The van der Waals surface area contributed by atoms with Crippen molar-refractivity contribution in [2.24, 2.45) is 0 Å². The topological polar surface area (TPSA) is 67.0 Å². The molecular formula is C9H13N3O2. The van der Waals surface area contributed by atoms with E-state index in [2.05, 4.69) is 15.3 Å². The monoisotopic (exact) mass is 195 g/mol. The van der Waals surface area contributed by atoms with Crippen molar-refractivity contribution in [3.05, 3.63) is 17.7 Å². The Bertz CT molecular complexity index is 335. The first kappa shape index (κ1) is 9.21. The minimum Gasteiger partial charge on any atom is -0.465 e. The van der Waals surface area contributed by atoms with Crippen molar-refractivity contribution in [2.45, 2.75) is 19.4 Å². The molecule has 0 aliphatic carbocycles. The van der Waals surface area contributed by atoms with Crippen molar-refractivity contribution < 1.29 is 9.53 Å². The van der Waals surface area contributed by atoms with E-state index in [0.717, 1.165) is 24.4 Å². The first-order valence-corrected chi connectivity index (χ1v) is 4.75. The van der Waals surface area contributed by atoms with Gasteiger partial charge in [0.05, 0.1) is 18.6 Å². The summed E-state index contributed by atoms with van der Waals surface area (Å²) in [7, 11) is 0. The van der Waals surface area contributed by atoms with Crippen LogP contribution in [-0.4, -0.2) is 29.1 Å². The van der Waals surface area contributed by atoms with E-state index in [4.69, 9.17) is 4.74 Å². The minimum absolute atomic E-state index is 0.249. The van der Waals surface area contributed by atoms with Crippen LogP contribution in [0.2, 0.25) is 0 Å².